The molecule has 0 fully saturated rings. The predicted molar refractivity (Wildman–Crippen MR) is 103 cm³/mol. The highest BCUT2D eigenvalue weighted by molar-refractivity contribution is 7.10. The van der Waals surface area contributed by atoms with Crippen molar-refractivity contribution < 1.29 is 4.79 Å². The van der Waals surface area contributed by atoms with Crippen molar-refractivity contribution in [1.29, 1.82) is 0 Å². The molecule has 2 aliphatic rings. The van der Waals surface area contributed by atoms with Crippen LogP contribution in [0, 0.1) is 0 Å². The number of aryl methyl sites for hydroxylation is 1. The van der Waals surface area contributed by atoms with E-state index >= 15 is 0 Å². The van der Waals surface area contributed by atoms with Crippen LogP contribution in [0.5, 0.6) is 0 Å². The van der Waals surface area contributed by atoms with Crippen LogP contribution in [0.2, 0.25) is 5.15 Å². The first kappa shape index (κ1) is 16.0. The largest absolute Gasteiger partial charge is 0.322 e. The minimum Gasteiger partial charge on any atom is -0.322 e. The van der Waals surface area contributed by atoms with E-state index in [2.05, 4.69) is 22.5 Å². The van der Waals surface area contributed by atoms with Crippen molar-refractivity contribution in [2.24, 2.45) is 7.05 Å². The molecule has 2 aromatic heterocycles. The van der Waals surface area contributed by atoms with Crippen LogP contribution < -0.4 is 4.90 Å². The Labute approximate surface area is 160 Å². The first-order valence-corrected chi connectivity index (χ1v) is 9.93. The maximum Gasteiger partial charge on any atom is 0.231 e. The zero-order valence-electron chi connectivity index (χ0n) is 14.3. The molecule has 0 unspecified atom stereocenters. The molecule has 132 valence electrons. The van der Waals surface area contributed by atoms with Gasteiger partial charge in [-0.25, -0.2) is 9.97 Å². The number of imidazole rings is 1. The van der Waals surface area contributed by atoms with Gasteiger partial charge in [-0.1, -0.05) is 11.6 Å². The average molecular weight is 385 g/mol. The summed E-state index contributed by atoms with van der Waals surface area (Å²) in [6, 6.07) is 4.35. The molecule has 5 rings (SSSR count). The third-order valence-electron chi connectivity index (χ3n) is 5.19. The van der Waals surface area contributed by atoms with Crippen molar-refractivity contribution in [3.63, 3.8) is 0 Å². The number of thiazole rings is 1. The molecule has 0 aliphatic carbocycles. The van der Waals surface area contributed by atoms with E-state index in [1.165, 1.54) is 5.56 Å². The summed E-state index contributed by atoms with van der Waals surface area (Å²) < 4.78 is 1.88. The van der Waals surface area contributed by atoms with Gasteiger partial charge in [0.05, 0.1) is 30.4 Å². The highest BCUT2D eigenvalue weighted by atomic mass is 35.5. The van der Waals surface area contributed by atoms with Gasteiger partial charge in [-0.2, -0.15) is 0 Å². The van der Waals surface area contributed by atoms with E-state index in [1.807, 2.05) is 16.5 Å². The molecule has 26 heavy (non-hydrogen) atoms. The van der Waals surface area contributed by atoms with Crippen LogP contribution >= 0.6 is 22.9 Å². The van der Waals surface area contributed by atoms with Gasteiger partial charge in [-0.15, -0.1) is 11.3 Å². The van der Waals surface area contributed by atoms with Crippen molar-refractivity contribution in [3.8, 4) is 11.3 Å². The van der Waals surface area contributed by atoms with Crippen LogP contribution in [0.4, 0.5) is 5.69 Å². The summed E-state index contributed by atoms with van der Waals surface area (Å²) in [4.78, 5) is 23.3. The number of anilines is 1. The summed E-state index contributed by atoms with van der Waals surface area (Å²) >= 11 is 7.70. The van der Waals surface area contributed by atoms with Crippen LogP contribution in [0.25, 0.3) is 11.3 Å². The summed E-state index contributed by atoms with van der Waals surface area (Å²) in [5.41, 5.74) is 5.66. The fourth-order valence-corrected chi connectivity index (χ4v) is 4.82. The van der Waals surface area contributed by atoms with E-state index in [4.69, 9.17) is 16.6 Å². The zero-order chi connectivity index (χ0) is 17.8. The molecule has 0 bridgehead atoms. The smallest absolute Gasteiger partial charge is 0.231 e. The molecule has 5 nitrogen and oxygen atoms in total. The standard InChI is InChI=1S/C19H17ClN4OS/c1-23-15(20)9-21-16(23)8-17-22-14(10-26-17)12-5-11-3-2-4-24-18(25)7-13(6-12)19(11)24/h5-6,9-10H,2-4,7-8H2,1H3. The van der Waals surface area contributed by atoms with Crippen molar-refractivity contribution in [3.05, 3.63) is 50.8 Å². The Morgan fingerprint density at radius 2 is 2.15 bits per heavy atom. The van der Waals surface area contributed by atoms with Crippen LogP contribution in [0.1, 0.15) is 28.4 Å². The second-order valence-corrected chi connectivity index (χ2v) is 8.16. The Hall–Kier alpha value is -2.18. The molecule has 0 N–H and O–H groups in total. The topological polar surface area (TPSA) is 51.0 Å². The number of hydrogen-bond donors (Lipinski definition) is 0. The number of carbonyl (C=O) groups excluding carboxylic acids is 1. The van der Waals surface area contributed by atoms with Crippen LogP contribution in [0.15, 0.2) is 23.7 Å². The monoisotopic (exact) mass is 384 g/mol. The number of carbonyl (C=O) groups is 1. The van der Waals surface area contributed by atoms with E-state index in [-0.39, 0.29) is 5.91 Å². The maximum absolute atomic E-state index is 12.2. The van der Waals surface area contributed by atoms with Gasteiger partial charge in [0.15, 0.2) is 0 Å². The van der Waals surface area contributed by atoms with Crippen LogP contribution in [-0.2, 0) is 31.1 Å². The second-order valence-electron chi connectivity index (χ2n) is 6.83. The molecule has 7 heteroatoms. The minimum absolute atomic E-state index is 0.226. The van der Waals surface area contributed by atoms with Crippen LogP contribution in [-0.4, -0.2) is 27.0 Å². The molecule has 0 saturated heterocycles. The van der Waals surface area contributed by atoms with Gasteiger partial charge < -0.3 is 9.47 Å². The SMILES string of the molecule is Cn1c(Cl)cnc1Cc1nc(-c2cc3c4c(c2)CC(=O)N4CCC3)cs1. The molecule has 1 amide bonds. The summed E-state index contributed by atoms with van der Waals surface area (Å²) in [5, 5.41) is 3.73. The van der Waals surface area contributed by atoms with E-state index in [1.54, 1.807) is 17.5 Å². The molecule has 2 aliphatic heterocycles. The number of halogens is 1. The number of rotatable bonds is 3. The zero-order valence-corrected chi connectivity index (χ0v) is 15.9. The first-order chi connectivity index (χ1) is 12.6. The molecular formula is C19H17ClN4OS. The number of amides is 1. The molecule has 0 spiro atoms. The normalized spacial score (nSPS) is 15.6. The number of aromatic nitrogens is 3. The van der Waals surface area contributed by atoms with Crippen molar-refractivity contribution in [1.82, 2.24) is 14.5 Å². The van der Waals surface area contributed by atoms with Crippen LogP contribution in [0.3, 0.4) is 0 Å². The minimum atomic E-state index is 0.226. The number of benzene rings is 1. The number of nitrogens with zero attached hydrogens (tertiary/aromatic N) is 4. The summed E-state index contributed by atoms with van der Waals surface area (Å²) in [6.45, 7) is 0.852. The van der Waals surface area contributed by atoms with Gasteiger partial charge in [0.25, 0.3) is 0 Å². The van der Waals surface area contributed by atoms with Gasteiger partial charge in [0, 0.05) is 24.5 Å². The Bertz CT molecular complexity index is 1040. The molecule has 1 aromatic carbocycles. The van der Waals surface area contributed by atoms with Gasteiger partial charge >= 0.3 is 0 Å². The Kier molecular flexibility index (Phi) is 3.65. The van der Waals surface area contributed by atoms with E-state index in [0.29, 0.717) is 18.0 Å². The van der Waals surface area contributed by atoms with Crippen molar-refractivity contribution in [2.75, 3.05) is 11.4 Å². The molecule has 0 radical (unpaired) electrons. The Morgan fingerprint density at radius 3 is 2.96 bits per heavy atom. The van der Waals surface area contributed by atoms with Crippen molar-refractivity contribution in [2.45, 2.75) is 25.7 Å². The summed E-state index contributed by atoms with van der Waals surface area (Å²) in [7, 11) is 1.91. The molecule has 0 atom stereocenters. The lowest BCUT2D eigenvalue weighted by Gasteiger charge is -2.25. The predicted octanol–water partition coefficient (Wildman–Crippen LogP) is 3.62. The van der Waals surface area contributed by atoms with Gasteiger partial charge in [0.2, 0.25) is 5.91 Å². The highest BCUT2D eigenvalue weighted by Crippen LogP contribution is 2.40. The fraction of sp³-hybridized carbons (Fsp3) is 0.316. The fourth-order valence-electron chi connectivity index (χ4n) is 3.88. The van der Waals surface area contributed by atoms with E-state index < -0.39 is 0 Å². The molecule has 4 heterocycles. The van der Waals surface area contributed by atoms with Crippen molar-refractivity contribution >= 4 is 34.5 Å². The van der Waals surface area contributed by atoms with Gasteiger partial charge in [0.1, 0.15) is 16.0 Å². The van der Waals surface area contributed by atoms with Gasteiger partial charge in [-0.05, 0) is 36.1 Å². The maximum atomic E-state index is 12.2. The average Bonchev–Trinajstić information content (AvgIpc) is 3.31. The molecule has 3 aromatic rings. The van der Waals surface area contributed by atoms with E-state index in [9.17, 15) is 4.79 Å². The molecular weight excluding hydrogens is 368 g/mol. The molecule has 0 saturated carbocycles. The third-order valence-corrected chi connectivity index (χ3v) is 6.39. The summed E-state index contributed by atoms with van der Waals surface area (Å²) in [5.74, 6) is 1.13. The Morgan fingerprint density at radius 1 is 1.31 bits per heavy atom. The van der Waals surface area contributed by atoms with Gasteiger partial charge in [-0.3, -0.25) is 4.79 Å². The third kappa shape index (κ3) is 2.47. The summed E-state index contributed by atoms with van der Waals surface area (Å²) in [6.07, 6.45) is 4.91. The Balaban J connectivity index is 1.48. The lowest BCUT2D eigenvalue weighted by molar-refractivity contribution is -0.117. The lowest BCUT2D eigenvalue weighted by Crippen LogP contribution is -2.31. The van der Waals surface area contributed by atoms with E-state index in [0.717, 1.165) is 52.7 Å². The lowest BCUT2D eigenvalue weighted by atomic mass is 9.96. The number of hydrogen-bond acceptors (Lipinski definition) is 4. The first-order valence-electron chi connectivity index (χ1n) is 8.67. The highest BCUT2D eigenvalue weighted by Gasteiger charge is 2.32. The second kappa shape index (κ2) is 5.93. The quantitative estimate of drug-likeness (QED) is 0.693.